The second-order valence-corrected chi connectivity index (χ2v) is 8.21. The van der Waals surface area contributed by atoms with Crippen LogP contribution in [0.25, 0.3) is 0 Å². The van der Waals surface area contributed by atoms with Gasteiger partial charge in [0.2, 0.25) is 11.8 Å². The minimum absolute atomic E-state index is 0.114. The summed E-state index contributed by atoms with van der Waals surface area (Å²) in [5.74, 6) is -0.0612. The van der Waals surface area contributed by atoms with E-state index >= 15 is 0 Å². The molecule has 0 radical (unpaired) electrons. The number of amides is 3. The predicted molar refractivity (Wildman–Crippen MR) is 104 cm³/mol. The summed E-state index contributed by atoms with van der Waals surface area (Å²) in [7, 11) is 0. The molecule has 2 fully saturated rings. The van der Waals surface area contributed by atoms with Crippen molar-refractivity contribution in [2.45, 2.75) is 51.2 Å². The summed E-state index contributed by atoms with van der Waals surface area (Å²) in [6, 6.07) is 5.46. The van der Waals surface area contributed by atoms with Gasteiger partial charge in [-0.15, -0.1) is 0 Å². The zero-order valence-electron chi connectivity index (χ0n) is 16.2. The Morgan fingerprint density at radius 1 is 1.18 bits per heavy atom. The van der Waals surface area contributed by atoms with Gasteiger partial charge in [0.15, 0.2) is 0 Å². The van der Waals surface area contributed by atoms with Gasteiger partial charge in [-0.3, -0.25) is 24.6 Å². The van der Waals surface area contributed by atoms with Gasteiger partial charge in [-0.05, 0) is 61.9 Å². The van der Waals surface area contributed by atoms with E-state index in [-0.39, 0.29) is 24.1 Å². The van der Waals surface area contributed by atoms with Crippen LogP contribution >= 0.6 is 0 Å². The van der Waals surface area contributed by atoms with Crippen LogP contribution in [0.4, 0.5) is 0 Å². The van der Waals surface area contributed by atoms with Crippen molar-refractivity contribution in [3.63, 3.8) is 0 Å². The van der Waals surface area contributed by atoms with Crippen LogP contribution in [0.2, 0.25) is 0 Å². The van der Waals surface area contributed by atoms with Gasteiger partial charge in [0.25, 0.3) is 5.91 Å². The Bertz CT molecular complexity index is 792. The molecule has 3 heterocycles. The van der Waals surface area contributed by atoms with E-state index in [9.17, 15) is 14.4 Å². The standard InChI is InChI=1S/C21H28N4O3/c22-8-7-14-2-1-9-24(11-14)12-15-3-4-17-16(10-15)13-25(21(17)28)18-5-6-19(26)23-20(18)27/h3-4,10,14,18H,1-2,5-9,11-13,22H2,(H,23,26,27). The molecular weight excluding hydrogens is 356 g/mol. The maximum Gasteiger partial charge on any atom is 0.255 e. The summed E-state index contributed by atoms with van der Waals surface area (Å²) in [5, 5.41) is 2.35. The zero-order chi connectivity index (χ0) is 19.7. The fourth-order valence-electron chi connectivity index (χ4n) is 4.75. The first-order chi connectivity index (χ1) is 13.5. The molecule has 0 saturated carbocycles. The second-order valence-electron chi connectivity index (χ2n) is 8.21. The highest BCUT2D eigenvalue weighted by Gasteiger charge is 2.39. The maximum absolute atomic E-state index is 12.8. The predicted octanol–water partition coefficient (Wildman–Crippen LogP) is 1.01. The van der Waals surface area contributed by atoms with Crippen molar-refractivity contribution < 1.29 is 14.4 Å². The maximum atomic E-state index is 12.8. The summed E-state index contributed by atoms with van der Waals surface area (Å²) in [5.41, 5.74) is 8.57. The number of hydrogen-bond donors (Lipinski definition) is 2. The minimum atomic E-state index is -0.555. The summed E-state index contributed by atoms with van der Waals surface area (Å²) < 4.78 is 0. The fraction of sp³-hybridized carbons (Fsp3) is 0.571. The van der Waals surface area contributed by atoms with Crippen LogP contribution in [-0.4, -0.2) is 53.2 Å². The molecule has 0 spiro atoms. The molecule has 0 bridgehead atoms. The molecule has 1 aromatic carbocycles. The molecule has 0 aromatic heterocycles. The lowest BCUT2D eigenvalue weighted by molar-refractivity contribution is -0.136. The summed E-state index contributed by atoms with van der Waals surface area (Å²) in [4.78, 5) is 40.4. The Hall–Kier alpha value is -2.25. The molecule has 2 atom stereocenters. The highest BCUT2D eigenvalue weighted by Crippen LogP contribution is 2.29. The molecule has 3 N–H and O–H groups in total. The van der Waals surface area contributed by atoms with E-state index in [1.165, 1.54) is 18.4 Å². The van der Waals surface area contributed by atoms with Crippen molar-refractivity contribution in [3.8, 4) is 0 Å². The number of carbonyl (C=O) groups is 3. The topological polar surface area (TPSA) is 95.7 Å². The SMILES string of the molecule is NCCC1CCCN(Cc2ccc3c(c2)CN(C2CCC(=O)NC2=O)C3=O)C1. The molecule has 4 rings (SSSR count). The number of likely N-dealkylation sites (tertiary alicyclic amines) is 1. The molecule has 0 aliphatic carbocycles. The van der Waals surface area contributed by atoms with Crippen molar-refractivity contribution in [2.24, 2.45) is 11.7 Å². The highest BCUT2D eigenvalue weighted by molar-refractivity contribution is 6.05. The van der Waals surface area contributed by atoms with Crippen molar-refractivity contribution >= 4 is 17.7 Å². The average molecular weight is 384 g/mol. The van der Waals surface area contributed by atoms with E-state index < -0.39 is 6.04 Å². The van der Waals surface area contributed by atoms with E-state index in [2.05, 4.69) is 16.3 Å². The molecule has 3 aliphatic heterocycles. The quantitative estimate of drug-likeness (QED) is 0.739. The number of rotatable bonds is 5. The number of benzene rings is 1. The molecule has 2 unspecified atom stereocenters. The number of nitrogens with one attached hydrogen (secondary N) is 1. The smallest absolute Gasteiger partial charge is 0.255 e. The number of nitrogens with two attached hydrogens (primary N) is 1. The lowest BCUT2D eigenvalue weighted by atomic mass is 9.94. The van der Waals surface area contributed by atoms with Gasteiger partial charge < -0.3 is 10.6 Å². The number of carbonyl (C=O) groups excluding carboxylic acids is 3. The Labute approximate surface area is 165 Å². The second kappa shape index (κ2) is 8.01. The van der Waals surface area contributed by atoms with Crippen LogP contribution in [0.15, 0.2) is 18.2 Å². The minimum Gasteiger partial charge on any atom is -0.330 e. The van der Waals surface area contributed by atoms with Gasteiger partial charge in [-0.1, -0.05) is 12.1 Å². The first-order valence-corrected chi connectivity index (χ1v) is 10.2. The van der Waals surface area contributed by atoms with Gasteiger partial charge >= 0.3 is 0 Å². The first-order valence-electron chi connectivity index (χ1n) is 10.2. The van der Waals surface area contributed by atoms with Crippen molar-refractivity contribution in [2.75, 3.05) is 19.6 Å². The van der Waals surface area contributed by atoms with E-state index in [0.717, 1.165) is 38.2 Å². The van der Waals surface area contributed by atoms with Crippen LogP contribution in [0.5, 0.6) is 0 Å². The Balaban J connectivity index is 1.44. The summed E-state index contributed by atoms with van der Waals surface area (Å²) in [6.07, 6.45) is 4.22. The third kappa shape index (κ3) is 3.82. The van der Waals surface area contributed by atoms with E-state index in [4.69, 9.17) is 5.73 Å². The largest absolute Gasteiger partial charge is 0.330 e. The van der Waals surface area contributed by atoms with Gasteiger partial charge in [-0.25, -0.2) is 0 Å². The molecular formula is C21H28N4O3. The molecule has 1 aromatic rings. The van der Waals surface area contributed by atoms with Crippen LogP contribution < -0.4 is 11.1 Å². The van der Waals surface area contributed by atoms with Crippen molar-refractivity contribution in [1.82, 2.24) is 15.1 Å². The summed E-state index contributed by atoms with van der Waals surface area (Å²) >= 11 is 0. The number of piperidine rings is 2. The number of fused-ring (bicyclic) bond motifs is 1. The molecule has 2 saturated heterocycles. The fourth-order valence-corrected chi connectivity index (χ4v) is 4.75. The van der Waals surface area contributed by atoms with Gasteiger partial charge in [-0.2, -0.15) is 0 Å². The zero-order valence-corrected chi connectivity index (χ0v) is 16.2. The number of hydrogen-bond acceptors (Lipinski definition) is 5. The van der Waals surface area contributed by atoms with Gasteiger partial charge in [0.05, 0.1) is 0 Å². The van der Waals surface area contributed by atoms with Gasteiger partial charge in [0, 0.05) is 31.6 Å². The monoisotopic (exact) mass is 384 g/mol. The van der Waals surface area contributed by atoms with Crippen LogP contribution in [0.1, 0.15) is 53.6 Å². The molecule has 150 valence electrons. The lowest BCUT2D eigenvalue weighted by Crippen LogP contribution is -2.52. The van der Waals surface area contributed by atoms with Crippen molar-refractivity contribution in [3.05, 3.63) is 34.9 Å². The van der Waals surface area contributed by atoms with E-state index in [0.29, 0.717) is 24.4 Å². The Morgan fingerprint density at radius 3 is 2.82 bits per heavy atom. The van der Waals surface area contributed by atoms with Crippen molar-refractivity contribution in [1.29, 1.82) is 0 Å². The summed E-state index contributed by atoms with van der Waals surface area (Å²) in [6.45, 7) is 4.23. The molecule has 3 aliphatic rings. The number of imide groups is 1. The van der Waals surface area contributed by atoms with E-state index in [1.54, 1.807) is 4.90 Å². The first kappa shape index (κ1) is 19.1. The molecule has 28 heavy (non-hydrogen) atoms. The van der Waals surface area contributed by atoms with Crippen LogP contribution in [0.3, 0.4) is 0 Å². The van der Waals surface area contributed by atoms with Gasteiger partial charge in [0.1, 0.15) is 6.04 Å². The Morgan fingerprint density at radius 2 is 2.04 bits per heavy atom. The lowest BCUT2D eigenvalue weighted by Gasteiger charge is -2.32. The van der Waals surface area contributed by atoms with E-state index in [1.807, 2.05) is 12.1 Å². The highest BCUT2D eigenvalue weighted by atomic mass is 16.2. The van der Waals surface area contributed by atoms with Crippen LogP contribution in [0, 0.1) is 5.92 Å². The molecule has 7 nitrogen and oxygen atoms in total. The normalized spacial score (nSPS) is 25.8. The van der Waals surface area contributed by atoms with Crippen LogP contribution in [-0.2, 0) is 22.7 Å². The average Bonchev–Trinajstić information content (AvgIpc) is 2.98. The molecule has 3 amide bonds. The third-order valence-corrected chi connectivity index (χ3v) is 6.17. The third-order valence-electron chi connectivity index (χ3n) is 6.17. The number of nitrogens with zero attached hydrogens (tertiary/aromatic N) is 2. The molecule has 7 heteroatoms. The Kier molecular flexibility index (Phi) is 5.46.